The van der Waals surface area contributed by atoms with Crippen molar-refractivity contribution in [3.8, 4) is 0 Å². The Morgan fingerprint density at radius 2 is 2.04 bits per heavy atom. The lowest BCUT2D eigenvalue weighted by molar-refractivity contribution is 0.298. The average molecular weight is 377 g/mol. The quantitative estimate of drug-likeness (QED) is 0.295. The number of aryl methyl sites for hydroxylation is 2. The Hall–Kier alpha value is -2.23. The van der Waals surface area contributed by atoms with Crippen LogP contribution >= 0.6 is 0 Å². The molecule has 8 nitrogen and oxygen atoms in total. The number of nitrogens with one attached hydrogen (secondary N) is 1. The number of thiol groups is 1. The van der Waals surface area contributed by atoms with Crippen LogP contribution in [-0.4, -0.2) is 36.2 Å². The largest absolute Gasteiger partial charge is 0.382 e. The van der Waals surface area contributed by atoms with Gasteiger partial charge < -0.3 is 10.3 Å². The van der Waals surface area contributed by atoms with Gasteiger partial charge in [-0.25, -0.2) is 18.4 Å². The first-order chi connectivity index (χ1) is 12.6. The highest BCUT2D eigenvalue weighted by Crippen LogP contribution is 2.29. The molecule has 2 aromatic heterocycles. The van der Waals surface area contributed by atoms with E-state index >= 15 is 0 Å². The third-order valence-corrected chi connectivity index (χ3v) is 4.60. The number of rotatable bonds is 9. The Morgan fingerprint density at radius 3 is 2.81 bits per heavy atom. The van der Waals surface area contributed by atoms with Crippen molar-refractivity contribution in [1.29, 1.82) is 0 Å². The Morgan fingerprint density at radius 1 is 1.23 bits per heavy atom. The van der Waals surface area contributed by atoms with Crippen molar-refractivity contribution in [2.75, 3.05) is 19.0 Å². The maximum atomic E-state index is 10.3. The van der Waals surface area contributed by atoms with E-state index in [1.807, 2.05) is 24.3 Å². The van der Waals surface area contributed by atoms with Crippen LogP contribution in [0.15, 0.2) is 24.3 Å². The summed E-state index contributed by atoms with van der Waals surface area (Å²) in [5, 5.41) is 3.99. The maximum absolute atomic E-state index is 10.3. The van der Waals surface area contributed by atoms with Crippen molar-refractivity contribution in [3.63, 3.8) is 0 Å². The molecule has 0 saturated carbocycles. The minimum Gasteiger partial charge on any atom is -0.382 e. The molecule has 0 saturated heterocycles. The van der Waals surface area contributed by atoms with Crippen molar-refractivity contribution in [2.45, 2.75) is 32.7 Å². The van der Waals surface area contributed by atoms with Crippen molar-refractivity contribution >= 4 is 38.7 Å². The fourth-order valence-corrected chi connectivity index (χ4v) is 3.30. The Balaban J connectivity index is 1.79. The lowest BCUT2D eigenvalue weighted by Gasteiger charge is -2.10. The lowest BCUT2D eigenvalue weighted by atomic mass is 10.2. The van der Waals surface area contributed by atoms with Crippen molar-refractivity contribution in [2.24, 2.45) is 0 Å². The number of unbranched alkanes of at least 4 members (excludes halogenated alkanes) is 1. The maximum Gasteiger partial charge on any atom is 0.258 e. The zero-order chi connectivity index (χ0) is 18.5. The molecule has 0 radical (unpaired) electrons. The van der Waals surface area contributed by atoms with E-state index in [1.165, 1.54) is 0 Å². The zero-order valence-electron chi connectivity index (χ0n) is 14.6. The molecule has 3 rings (SSSR count). The summed E-state index contributed by atoms with van der Waals surface area (Å²) in [6.07, 6.45) is 2.62. The SMILES string of the molecule is CCc1nc2c(N)nc3ccccc3c2n1CCCCNCO[SH](=O)=O. The van der Waals surface area contributed by atoms with Gasteiger partial charge in [0.15, 0.2) is 5.82 Å². The Kier molecular flexibility index (Phi) is 6.02. The van der Waals surface area contributed by atoms with Crippen LogP contribution in [0.5, 0.6) is 0 Å². The van der Waals surface area contributed by atoms with Gasteiger partial charge >= 0.3 is 0 Å². The van der Waals surface area contributed by atoms with Gasteiger partial charge in [-0.15, -0.1) is 0 Å². The molecule has 0 bridgehead atoms. The number of nitrogens with zero attached hydrogens (tertiary/aromatic N) is 3. The van der Waals surface area contributed by atoms with E-state index in [0.29, 0.717) is 12.4 Å². The summed E-state index contributed by atoms with van der Waals surface area (Å²) in [4.78, 5) is 9.17. The van der Waals surface area contributed by atoms with Gasteiger partial charge in [-0.05, 0) is 25.5 Å². The molecule has 0 fully saturated rings. The highest BCUT2D eigenvalue weighted by Gasteiger charge is 2.15. The molecular weight excluding hydrogens is 354 g/mol. The molecule has 1 aromatic carbocycles. The van der Waals surface area contributed by atoms with E-state index in [4.69, 9.17) is 10.7 Å². The third kappa shape index (κ3) is 3.95. The number of anilines is 1. The average Bonchev–Trinajstić information content (AvgIpc) is 3.00. The molecule has 0 unspecified atom stereocenters. The lowest BCUT2D eigenvalue weighted by Crippen LogP contribution is -2.19. The van der Waals surface area contributed by atoms with E-state index in [-0.39, 0.29) is 6.73 Å². The van der Waals surface area contributed by atoms with Crippen molar-refractivity contribution in [3.05, 3.63) is 30.1 Å². The topological polar surface area (TPSA) is 112 Å². The van der Waals surface area contributed by atoms with E-state index in [2.05, 4.69) is 26.0 Å². The standard InChI is InChI=1S/C17H23N5O3S/c1-2-14-21-15-16(12-7-3-4-8-13(12)20-17(15)18)22(14)10-6-5-9-19-11-25-26(23)24/h3-4,7-8,19,26H,2,5-6,9-11H2,1H3,(H2,18,20). The van der Waals surface area contributed by atoms with Crippen LogP contribution in [0, 0.1) is 0 Å². The van der Waals surface area contributed by atoms with Crippen LogP contribution in [0.3, 0.4) is 0 Å². The number of pyridine rings is 1. The number of nitrogen functional groups attached to an aromatic ring is 1. The van der Waals surface area contributed by atoms with Crippen molar-refractivity contribution in [1.82, 2.24) is 19.9 Å². The number of nitrogens with two attached hydrogens (primary N) is 1. The van der Waals surface area contributed by atoms with Crippen LogP contribution in [0.4, 0.5) is 5.82 Å². The molecule has 0 atom stereocenters. The first kappa shape index (κ1) is 18.6. The number of aromatic nitrogens is 3. The first-order valence-corrected chi connectivity index (χ1v) is 9.72. The van der Waals surface area contributed by atoms with E-state index < -0.39 is 11.0 Å². The molecule has 2 heterocycles. The zero-order valence-corrected chi connectivity index (χ0v) is 15.5. The minimum atomic E-state index is -2.79. The summed E-state index contributed by atoms with van der Waals surface area (Å²) in [5.74, 6) is 1.45. The van der Waals surface area contributed by atoms with Crippen molar-refractivity contribution < 1.29 is 12.6 Å². The van der Waals surface area contributed by atoms with Crippen LogP contribution in [0.1, 0.15) is 25.6 Å². The summed E-state index contributed by atoms with van der Waals surface area (Å²) in [7, 11) is -2.79. The van der Waals surface area contributed by atoms with Crippen LogP contribution < -0.4 is 11.1 Å². The van der Waals surface area contributed by atoms with Gasteiger partial charge in [0.2, 0.25) is 0 Å². The number of para-hydroxylation sites is 1. The number of fused-ring (bicyclic) bond motifs is 3. The second-order valence-corrected chi connectivity index (χ2v) is 6.65. The Bertz CT molecular complexity index is 975. The van der Waals surface area contributed by atoms with E-state index in [1.54, 1.807) is 0 Å². The second-order valence-electron chi connectivity index (χ2n) is 5.95. The molecule has 26 heavy (non-hydrogen) atoms. The monoisotopic (exact) mass is 377 g/mol. The molecule has 0 aliphatic heterocycles. The summed E-state index contributed by atoms with van der Waals surface area (Å²) < 4.78 is 27.3. The fraction of sp³-hybridized carbons (Fsp3) is 0.412. The summed E-state index contributed by atoms with van der Waals surface area (Å²) >= 11 is 0. The molecule has 0 spiro atoms. The first-order valence-electron chi connectivity index (χ1n) is 8.63. The molecule has 0 amide bonds. The van der Waals surface area contributed by atoms with Gasteiger partial charge in [0, 0.05) is 18.4 Å². The summed E-state index contributed by atoms with van der Waals surface area (Å²) in [6, 6.07) is 7.95. The van der Waals surface area contributed by atoms with Gasteiger partial charge in [0.25, 0.3) is 11.0 Å². The van der Waals surface area contributed by atoms with Gasteiger partial charge in [-0.2, -0.15) is 0 Å². The predicted molar refractivity (Wildman–Crippen MR) is 102 cm³/mol. The smallest absolute Gasteiger partial charge is 0.258 e. The number of hydrogen-bond donors (Lipinski definition) is 3. The molecule has 3 aromatic rings. The van der Waals surface area contributed by atoms with Crippen LogP contribution in [0.2, 0.25) is 0 Å². The molecule has 140 valence electrons. The van der Waals surface area contributed by atoms with Gasteiger partial charge in [0.1, 0.15) is 18.1 Å². The predicted octanol–water partition coefficient (Wildman–Crippen LogP) is 1.60. The Labute approximate surface area is 153 Å². The third-order valence-electron chi connectivity index (χ3n) is 4.26. The molecule has 9 heteroatoms. The second kappa shape index (κ2) is 8.43. The number of hydrogen-bond acceptors (Lipinski definition) is 7. The van der Waals surface area contributed by atoms with Gasteiger partial charge in [0.05, 0.1) is 11.0 Å². The number of imidazole rings is 1. The van der Waals surface area contributed by atoms with Crippen LogP contribution in [0.25, 0.3) is 21.9 Å². The molecule has 3 N–H and O–H groups in total. The van der Waals surface area contributed by atoms with Gasteiger partial charge in [-0.1, -0.05) is 25.1 Å². The number of benzene rings is 1. The highest BCUT2D eigenvalue weighted by atomic mass is 32.2. The van der Waals surface area contributed by atoms with E-state index in [0.717, 1.165) is 53.6 Å². The fourth-order valence-electron chi connectivity index (χ4n) is 3.11. The molecular formula is C17H23N5O3S. The molecule has 0 aliphatic rings. The van der Waals surface area contributed by atoms with Crippen LogP contribution in [-0.2, 0) is 28.1 Å². The molecule has 0 aliphatic carbocycles. The summed E-state index contributed by atoms with van der Waals surface area (Å²) in [6.45, 7) is 3.58. The normalized spacial score (nSPS) is 11.8. The minimum absolute atomic E-state index is 0.0137. The van der Waals surface area contributed by atoms with Gasteiger partial charge in [-0.3, -0.25) is 9.50 Å². The summed E-state index contributed by atoms with van der Waals surface area (Å²) in [5.41, 5.74) is 8.79. The highest BCUT2D eigenvalue weighted by molar-refractivity contribution is 7.67. The van der Waals surface area contributed by atoms with E-state index in [9.17, 15) is 8.42 Å².